The molecule has 21 heavy (non-hydrogen) atoms. The molecule has 2 heterocycles. The van der Waals surface area contributed by atoms with Crippen molar-refractivity contribution < 1.29 is 14.7 Å². The number of aryl methyl sites for hydroxylation is 1. The topological polar surface area (TPSA) is 82.5 Å². The van der Waals surface area contributed by atoms with Gasteiger partial charge < -0.3 is 15.3 Å². The van der Waals surface area contributed by atoms with Gasteiger partial charge in [0.05, 0.1) is 17.6 Å². The van der Waals surface area contributed by atoms with Gasteiger partial charge in [0.1, 0.15) is 4.88 Å². The van der Waals surface area contributed by atoms with Crippen LogP contribution in [0.15, 0.2) is 5.51 Å². The van der Waals surface area contributed by atoms with Crippen LogP contribution in [0.25, 0.3) is 0 Å². The smallest absolute Gasteiger partial charge is 0.304 e. The number of likely N-dealkylation sites (tertiary alicyclic amines) is 1. The van der Waals surface area contributed by atoms with Gasteiger partial charge in [-0.3, -0.25) is 9.59 Å². The highest BCUT2D eigenvalue weighted by atomic mass is 35.5. The molecule has 1 aromatic rings. The number of piperidine rings is 1. The van der Waals surface area contributed by atoms with Crippen LogP contribution in [0.3, 0.4) is 0 Å². The molecule has 1 amide bonds. The third-order valence-electron chi connectivity index (χ3n) is 3.52. The molecule has 1 aliphatic rings. The van der Waals surface area contributed by atoms with Crippen molar-refractivity contribution in [1.82, 2.24) is 15.2 Å². The lowest BCUT2D eigenvalue weighted by Gasteiger charge is -2.31. The third-order valence-corrected chi connectivity index (χ3v) is 4.44. The van der Waals surface area contributed by atoms with E-state index in [1.54, 1.807) is 5.51 Å². The Kier molecular flexibility index (Phi) is 7.07. The number of carboxylic acids is 1. The van der Waals surface area contributed by atoms with Gasteiger partial charge >= 0.3 is 5.97 Å². The Labute approximate surface area is 134 Å². The summed E-state index contributed by atoms with van der Waals surface area (Å²) in [4.78, 5) is 29.5. The van der Waals surface area contributed by atoms with Crippen LogP contribution in [0.1, 0.15) is 34.6 Å². The lowest BCUT2D eigenvalue weighted by Crippen LogP contribution is -2.45. The zero-order chi connectivity index (χ0) is 14.5. The number of amides is 1. The number of aliphatic carboxylic acids is 1. The largest absolute Gasteiger partial charge is 0.481 e. The number of aromatic nitrogens is 1. The molecule has 0 unspecified atom stereocenters. The minimum Gasteiger partial charge on any atom is -0.481 e. The fourth-order valence-electron chi connectivity index (χ4n) is 2.33. The summed E-state index contributed by atoms with van der Waals surface area (Å²) in [5.74, 6) is -0.810. The minimum atomic E-state index is -0.763. The standard InChI is InChI=1S/C13H19N3O3S.ClH/c1-9-12(20-8-14-9)13(19)15-10-2-5-16(6-3-10)7-4-11(17)18;/h8,10H,2-7H2,1H3,(H,15,19)(H,17,18);1H. The molecule has 1 aliphatic heterocycles. The van der Waals surface area contributed by atoms with Crippen LogP contribution >= 0.6 is 23.7 Å². The molecule has 118 valence electrons. The number of hydrogen-bond donors (Lipinski definition) is 2. The van der Waals surface area contributed by atoms with Gasteiger partial charge in [0.25, 0.3) is 5.91 Å². The van der Waals surface area contributed by atoms with E-state index < -0.39 is 5.97 Å². The van der Waals surface area contributed by atoms with E-state index in [-0.39, 0.29) is 30.8 Å². The Hall–Kier alpha value is -1.18. The molecular weight excluding hydrogens is 314 g/mol. The van der Waals surface area contributed by atoms with Crippen molar-refractivity contribution in [3.63, 3.8) is 0 Å². The van der Waals surface area contributed by atoms with E-state index in [1.165, 1.54) is 11.3 Å². The van der Waals surface area contributed by atoms with Crippen LogP contribution in [0.5, 0.6) is 0 Å². The summed E-state index contributed by atoms with van der Waals surface area (Å²) in [6, 6.07) is 0.171. The molecule has 0 saturated carbocycles. The number of hydrogen-bond acceptors (Lipinski definition) is 5. The molecule has 2 rings (SSSR count). The summed E-state index contributed by atoms with van der Waals surface area (Å²) in [6.07, 6.45) is 1.91. The van der Waals surface area contributed by atoms with Crippen molar-refractivity contribution in [2.45, 2.75) is 32.2 Å². The number of carbonyl (C=O) groups is 2. The SMILES string of the molecule is Cc1ncsc1C(=O)NC1CCN(CCC(=O)O)CC1.Cl. The van der Waals surface area contributed by atoms with Crippen LogP contribution < -0.4 is 5.32 Å². The summed E-state index contributed by atoms with van der Waals surface area (Å²) in [6.45, 7) is 4.09. The maximum Gasteiger partial charge on any atom is 0.304 e. The normalized spacial score (nSPS) is 16.2. The first-order valence-electron chi connectivity index (χ1n) is 6.71. The molecule has 0 radical (unpaired) electrons. The molecule has 1 saturated heterocycles. The highest BCUT2D eigenvalue weighted by molar-refractivity contribution is 7.11. The second-order valence-corrected chi connectivity index (χ2v) is 5.85. The average molecular weight is 334 g/mol. The van der Waals surface area contributed by atoms with Gasteiger partial charge in [-0.15, -0.1) is 23.7 Å². The maximum atomic E-state index is 12.1. The highest BCUT2D eigenvalue weighted by Crippen LogP contribution is 2.15. The molecule has 0 aliphatic carbocycles. The molecule has 1 fully saturated rings. The van der Waals surface area contributed by atoms with Gasteiger partial charge in [0.15, 0.2) is 0 Å². The van der Waals surface area contributed by atoms with E-state index in [0.29, 0.717) is 11.4 Å². The Bertz CT molecular complexity index is 487. The number of halogens is 1. The molecule has 0 aromatic carbocycles. The van der Waals surface area contributed by atoms with Crippen LogP contribution in [0.4, 0.5) is 0 Å². The van der Waals surface area contributed by atoms with Crippen molar-refractivity contribution in [2.75, 3.05) is 19.6 Å². The Balaban J connectivity index is 0.00000220. The number of nitrogens with zero attached hydrogens (tertiary/aromatic N) is 2. The van der Waals surface area contributed by atoms with Crippen LogP contribution in [-0.4, -0.2) is 52.5 Å². The molecule has 0 spiro atoms. The third kappa shape index (κ3) is 5.26. The van der Waals surface area contributed by atoms with E-state index in [0.717, 1.165) is 31.6 Å². The first-order chi connectivity index (χ1) is 9.56. The van der Waals surface area contributed by atoms with E-state index in [2.05, 4.69) is 15.2 Å². The number of carboxylic acid groups (broad SMARTS) is 1. The van der Waals surface area contributed by atoms with Gasteiger partial charge in [-0.05, 0) is 19.8 Å². The number of rotatable bonds is 5. The van der Waals surface area contributed by atoms with Crippen LogP contribution in [0.2, 0.25) is 0 Å². The van der Waals surface area contributed by atoms with Crippen molar-refractivity contribution >= 4 is 35.6 Å². The van der Waals surface area contributed by atoms with Crippen molar-refractivity contribution in [2.24, 2.45) is 0 Å². The summed E-state index contributed by atoms with van der Waals surface area (Å²) >= 11 is 1.36. The van der Waals surface area contributed by atoms with Crippen molar-refractivity contribution in [3.8, 4) is 0 Å². The monoisotopic (exact) mass is 333 g/mol. The lowest BCUT2D eigenvalue weighted by molar-refractivity contribution is -0.137. The minimum absolute atomic E-state index is 0. The summed E-state index contributed by atoms with van der Waals surface area (Å²) in [5.41, 5.74) is 2.45. The number of carbonyl (C=O) groups excluding carboxylic acids is 1. The first kappa shape index (κ1) is 17.9. The fraction of sp³-hybridized carbons (Fsp3) is 0.615. The molecule has 0 atom stereocenters. The predicted octanol–water partition coefficient (Wildman–Crippen LogP) is 1.54. The first-order valence-corrected chi connectivity index (χ1v) is 7.59. The van der Waals surface area contributed by atoms with Gasteiger partial charge in [0, 0.05) is 25.7 Å². The lowest BCUT2D eigenvalue weighted by atomic mass is 10.0. The molecule has 0 bridgehead atoms. The fourth-order valence-corrected chi connectivity index (χ4v) is 3.03. The van der Waals surface area contributed by atoms with Gasteiger partial charge in [-0.25, -0.2) is 4.98 Å². The molecule has 8 heteroatoms. The summed E-state index contributed by atoms with van der Waals surface area (Å²) in [7, 11) is 0. The molecule has 6 nitrogen and oxygen atoms in total. The molecular formula is C13H20ClN3O3S. The van der Waals surface area contributed by atoms with Crippen molar-refractivity contribution in [1.29, 1.82) is 0 Å². The van der Waals surface area contributed by atoms with E-state index in [1.807, 2.05) is 6.92 Å². The number of nitrogens with one attached hydrogen (secondary N) is 1. The second-order valence-electron chi connectivity index (χ2n) is 5.00. The highest BCUT2D eigenvalue weighted by Gasteiger charge is 2.22. The van der Waals surface area contributed by atoms with E-state index >= 15 is 0 Å². The van der Waals surface area contributed by atoms with Gasteiger partial charge in [-0.2, -0.15) is 0 Å². The molecule has 1 aromatic heterocycles. The van der Waals surface area contributed by atoms with Crippen LogP contribution in [-0.2, 0) is 4.79 Å². The predicted molar refractivity (Wildman–Crippen MR) is 83.3 cm³/mol. The zero-order valence-electron chi connectivity index (χ0n) is 11.9. The zero-order valence-corrected chi connectivity index (χ0v) is 13.5. The second kappa shape index (κ2) is 8.31. The summed E-state index contributed by atoms with van der Waals surface area (Å²) in [5, 5.41) is 11.7. The van der Waals surface area contributed by atoms with E-state index in [4.69, 9.17) is 5.11 Å². The van der Waals surface area contributed by atoms with Crippen molar-refractivity contribution in [3.05, 3.63) is 16.1 Å². The average Bonchev–Trinajstić information content (AvgIpc) is 2.84. The van der Waals surface area contributed by atoms with Gasteiger partial charge in [-0.1, -0.05) is 0 Å². The summed E-state index contributed by atoms with van der Waals surface area (Å²) < 4.78 is 0. The Morgan fingerprint density at radius 3 is 2.67 bits per heavy atom. The van der Waals surface area contributed by atoms with E-state index in [9.17, 15) is 9.59 Å². The number of thiazole rings is 1. The van der Waals surface area contributed by atoms with Gasteiger partial charge in [0.2, 0.25) is 0 Å². The Morgan fingerprint density at radius 1 is 1.48 bits per heavy atom. The van der Waals surface area contributed by atoms with Crippen LogP contribution in [0, 0.1) is 6.92 Å². The maximum absolute atomic E-state index is 12.1. The molecule has 2 N–H and O–H groups in total. The quantitative estimate of drug-likeness (QED) is 0.854. The Morgan fingerprint density at radius 2 is 2.14 bits per heavy atom.